The predicted molar refractivity (Wildman–Crippen MR) is 83.5 cm³/mol. The fourth-order valence-corrected chi connectivity index (χ4v) is 2.65. The maximum Gasteiger partial charge on any atom is 0.224 e. The maximum atomic E-state index is 12.2. The van der Waals surface area contributed by atoms with Gasteiger partial charge in [0.15, 0.2) is 0 Å². The van der Waals surface area contributed by atoms with E-state index in [0.717, 1.165) is 31.5 Å². The van der Waals surface area contributed by atoms with Crippen LogP contribution in [0.2, 0.25) is 0 Å². The van der Waals surface area contributed by atoms with Crippen molar-refractivity contribution in [1.82, 2.24) is 10.6 Å². The highest BCUT2D eigenvalue weighted by Crippen LogP contribution is 2.33. The van der Waals surface area contributed by atoms with Crippen molar-refractivity contribution in [2.75, 3.05) is 34.4 Å². The molecule has 1 aromatic carbocycles. The molecular weight excluding hydrogens is 284 g/mol. The maximum absolute atomic E-state index is 12.2. The monoisotopic (exact) mass is 308 g/mol. The highest BCUT2D eigenvalue weighted by Gasteiger charge is 2.21. The predicted octanol–water partition coefficient (Wildman–Crippen LogP) is 1.33. The second-order valence-electron chi connectivity index (χ2n) is 5.27. The molecule has 22 heavy (non-hydrogen) atoms. The molecule has 2 N–H and O–H groups in total. The quantitative estimate of drug-likeness (QED) is 0.830. The lowest BCUT2D eigenvalue weighted by molar-refractivity contribution is -0.125. The molecule has 1 aliphatic rings. The summed E-state index contributed by atoms with van der Waals surface area (Å²) in [4.78, 5) is 12.2. The van der Waals surface area contributed by atoms with Gasteiger partial charge in [-0.15, -0.1) is 0 Å². The van der Waals surface area contributed by atoms with Gasteiger partial charge in [-0.3, -0.25) is 4.79 Å². The zero-order chi connectivity index (χ0) is 15.9. The first-order chi connectivity index (χ1) is 10.7. The van der Waals surface area contributed by atoms with Crippen molar-refractivity contribution < 1.29 is 19.0 Å². The van der Waals surface area contributed by atoms with Crippen molar-refractivity contribution in [3.8, 4) is 17.2 Å². The highest BCUT2D eigenvalue weighted by atomic mass is 16.5. The minimum Gasteiger partial charge on any atom is -0.496 e. The normalized spacial score (nSPS) is 17.7. The average molecular weight is 308 g/mol. The van der Waals surface area contributed by atoms with Crippen molar-refractivity contribution in [1.29, 1.82) is 0 Å². The molecule has 2 rings (SSSR count). The zero-order valence-electron chi connectivity index (χ0n) is 13.4. The van der Waals surface area contributed by atoms with E-state index in [1.54, 1.807) is 33.5 Å². The molecule has 0 spiro atoms. The lowest BCUT2D eigenvalue weighted by atomic mass is 9.99. The number of nitrogens with one attached hydrogen (secondary N) is 2. The van der Waals surface area contributed by atoms with Crippen LogP contribution in [-0.4, -0.2) is 40.3 Å². The molecular formula is C16H24N2O4. The summed E-state index contributed by atoms with van der Waals surface area (Å²) in [6.07, 6.45) is 1.96. The van der Waals surface area contributed by atoms with E-state index in [-0.39, 0.29) is 11.8 Å². The molecule has 6 heteroatoms. The van der Waals surface area contributed by atoms with Crippen molar-refractivity contribution in [2.24, 2.45) is 5.92 Å². The smallest absolute Gasteiger partial charge is 0.224 e. The Morgan fingerprint density at radius 3 is 2.41 bits per heavy atom. The Morgan fingerprint density at radius 2 is 1.91 bits per heavy atom. The van der Waals surface area contributed by atoms with E-state index < -0.39 is 0 Å². The Bertz CT molecular complexity index is 488. The summed E-state index contributed by atoms with van der Waals surface area (Å²) in [6.45, 7) is 2.10. The average Bonchev–Trinajstić information content (AvgIpc) is 2.59. The van der Waals surface area contributed by atoms with Crippen molar-refractivity contribution in [3.63, 3.8) is 0 Å². The Balaban J connectivity index is 2.09. The second-order valence-corrected chi connectivity index (χ2v) is 5.27. The third-order valence-corrected chi connectivity index (χ3v) is 3.92. The molecule has 1 unspecified atom stereocenters. The Labute approximate surface area is 131 Å². The van der Waals surface area contributed by atoms with Crippen molar-refractivity contribution >= 4 is 5.91 Å². The number of piperidine rings is 1. The minimum atomic E-state index is 0.0315. The van der Waals surface area contributed by atoms with Gasteiger partial charge in [-0.25, -0.2) is 0 Å². The van der Waals surface area contributed by atoms with Crippen LogP contribution in [-0.2, 0) is 11.3 Å². The molecule has 0 aromatic heterocycles. The molecule has 1 atom stereocenters. The lowest BCUT2D eigenvalue weighted by Gasteiger charge is -2.22. The Kier molecular flexibility index (Phi) is 5.89. The van der Waals surface area contributed by atoms with Gasteiger partial charge in [0.05, 0.1) is 39.4 Å². The van der Waals surface area contributed by atoms with E-state index in [2.05, 4.69) is 10.6 Å². The van der Waals surface area contributed by atoms with Crippen LogP contribution < -0.4 is 24.8 Å². The van der Waals surface area contributed by atoms with Crippen LogP contribution in [0.25, 0.3) is 0 Å². The number of methoxy groups -OCH3 is 3. The summed E-state index contributed by atoms with van der Waals surface area (Å²) in [5.41, 5.74) is 0.808. The fraction of sp³-hybridized carbons (Fsp3) is 0.562. The number of amides is 1. The first kappa shape index (κ1) is 16.4. The molecule has 0 saturated carbocycles. The Hall–Kier alpha value is -1.95. The summed E-state index contributed by atoms with van der Waals surface area (Å²) in [7, 11) is 4.76. The summed E-state index contributed by atoms with van der Waals surface area (Å²) < 4.78 is 16.0. The van der Waals surface area contributed by atoms with Crippen LogP contribution in [0.3, 0.4) is 0 Å². The first-order valence-corrected chi connectivity index (χ1v) is 7.47. The van der Waals surface area contributed by atoms with Crippen LogP contribution in [0.15, 0.2) is 12.1 Å². The van der Waals surface area contributed by atoms with Gasteiger partial charge in [0.1, 0.15) is 17.2 Å². The fourth-order valence-electron chi connectivity index (χ4n) is 2.65. The summed E-state index contributed by atoms with van der Waals surface area (Å²) in [6, 6.07) is 3.57. The van der Waals surface area contributed by atoms with Crippen molar-refractivity contribution in [2.45, 2.75) is 19.4 Å². The van der Waals surface area contributed by atoms with Gasteiger partial charge in [-0.05, 0) is 19.4 Å². The van der Waals surface area contributed by atoms with E-state index in [0.29, 0.717) is 23.8 Å². The van der Waals surface area contributed by atoms with Crippen LogP contribution in [0.1, 0.15) is 18.4 Å². The van der Waals surface area contributed by atoms with Crippen molar-refractivity contribution in [3.05, 3.63) is 17.7 Å². The van der Waals surface area contributed by atoms with Crippen LogP contribution in [0, 0.1) is 5.92 Å². The van der Waals surface area contributed by atoms with E-state index in [9.17, 15) is 4.79 Å². The molecule has 1 fully saturated rings. The summed E-state index contributed by atoms with van der Waals surface area (Å²) >= 11 is 0. The topological polar surface area (TPSA) is 68.8 Å². The molecule has 1 heterocycles. The molecule has 6 nitrogen and oxygen atoms in total. The number of benzene rings is 1. The summed E-state index contributed by atoms with van der Waals surface area (Å²) in [5, 5.41) is 6.22. The number of ether oxygens (including phenoxy) is 3. The molecule has 1 aromatic rings. The first-order valence-electron chi connectivity index (χ1n) is 7.47. The van der Waals surface area contributed by atoms with Crippen LogP contribution in [0.5, 0.6) is 17.2 Å². The van der Waals surface area contributed by atoms with Gasteiger partial charge < -0.3 is 24.8 Å². The van der Waals surface area contributed by atoms with Gasteiger partial charge in [-0.2, -0.15) is 0 Å². The van der Waals surface area contributed by atoms with Gasteiger partial charge >= 0.3 is 0 Å². The number of hydrogen-bond acceptors (Lipinski definition) is 5. The van der Waals surface area contributed by atoms with Crippen LogP contribution in [0.4, 0.5) is 0 Å². The molecule has 1 amide bonds. The largest absolute Gasteiger partial charge is 0.496 e. The molecule has 0 aliphatic carbocycles. The van der Waals surface area contributed by atoms with E-state index >= 15 is 0 Å². The van der Waals surface area contributed by atoms with Gasteiger partial charge in [0.25, 0.3) is 0 Å². The van der Waals surface area contributed by atoms with Gasteiger partial charge in [0.2, 0.25) is 5.91 Å². The summed E-state index contributed by atoms with van der Waals surface area (Å²) in [5.74, 6) is 2.02. The van der Waals surface area contributed by atoms with E-state index in [1.165, 1.54) is 0 Å². The van der Waals surface area contributed by atoms with Gasteiger partial charge in [-0.1, -0.05) is 0 Å². The van der Waals surface area contributed by atoms with E-state index in [4.69, 9.17) is 14.2 Å². The Morgan fingerprint density at radius 1 is 1.23 bits per heavy atom. The molecule has 1 aliphatic heterocycles. The number of rotatable bonds is 6. The molecule has 122 valence electrons. The zero-order valence-corrected chi connectivity index (χ0v) is 13.4. The molecule has 0 radical (unpaired) electrons. The number of carbonyl (C=O) groups excluding carboxylic acids is 1. The lowest BCUT2D eigenvalue weighted by Crippen LogP contribution is -2.40. The minimum absolute atomic E-state index is 0.0315. The molecule has 1 saturated heterocycles. The second kappa shape index (κ2) is 7.89. The standard InChI is InChI=1S/C16H24N2O4/c1-20-12-7-14(21-2)13(15(8-12)22-3)10-18-16(19)11-5-4-6-17-9-11/h7-8,11,17H,4-6,9-10H2,1-3H3,(H,18,19). The number of carbonyl (C=O) groups is 1. The molecule has 0 bridgehead atoms. The third-order valence-electron chi connectivity index (χ3n) is 3.92. The van der Waals surface area contributed by atoms with Gasteiger partial charge in [0, 0.05) is 18.7 Å². The van der Waals surface area contributed by atoms with Crippen LogP contribution >= 0.6 is 0 Å². The highest BCUT2D eigenvalue weighted by molar-refractivity contribution is 5.79. The van der Waals surface area contributed by atoms with E-state index in [1.807, 2.05) is 0 Å². The number of hydrogen-bond donors (Lipinski definition) is 2. The third kappa shape index (κ3) is 3.82. The SMILES string of the molecule is COc1cc(OC)c(CNC(=O)C2CCCNC2)c(OC)c1.